The second kappa shape index (κ2) is 9.22. The van der Waals surface area contributed by atoms with Gasteiger partial charge in [0.2, 0.25) is 5.13 Å². The molecule has 3 aromatic rings. The fraction of sp³-hybridized carbons (Fsp3) is 0.409. The third-order valence-electron chi connectivity index (χ3n) is 4.83. The first-order valence-electron chi connectivity index (χ1n) is 10.0. The van der Waals surface area contributed by atoms with E-state index in [9.17, 15) is 4.79 Å². The molecule has 1 amide bonds. The Balaban J connectivity index is 1.87. The molecule has 0 saturated carbocycles. The lowest BCUT2D eigenvalue weighted by atomic mass is 10.1. The third kappa shape index (κ3) is 4.50. The van der Waals surface area contributed by atoms with E-state index in [1.807, 2.05) is 49.7 Å². The van der Waals surface area contributed by atoms with Crippen LogP contribution in [-0.2, 0) is 6.42 Å². The molecule has 2 aromatic heterocycles. The minimum atomic E-state index is -0.189. The molecule has 2 heterocycles. The number of carbonyl (C=O) groups is 1. The molecule has 0 spiro atoms. The summed E-state index contributed by atoms with van der Waals surface area (Å²) in [7, 11) is 0. The van der Waals surface area contributed by atoms with Crippen LogP contribution < -0.4 is 10.1 Å². The molecule has 1 aromatic carbocycles. The normalized spacial score (nSPS) is 10.9. The van der Waals surface area contributed by atoms with Gasteiger partial charge in [-0.1, -0.05) is 36.8 Å². The molecule has 154 valence electrons. The van der Waals surface area contributed by atoms with Crippen LogP contribution in [0.2, 0.25) is 0 Å². The highest BCUT2D eigenvalue weighted by Crippen LogP contribution is 2.28. The van der Waals surface area contributed by atoms with Crippen molar-refractivity contribution in [1.82, 2.24) is 14.8 Å². The maximum atomic E-state index is 12.9. The van der Waals surface area contributed by atoms with Gasteiger partial charge in [0.05, 0.1) is 23.7 Å². The van der Waals surface area contributed by atoms with Crippen LogP contribution in [0.15, 0.2) is 24.3 Å². The fourth-order valence-corrected chi connectivity index (χ4v) is 4.26. The number of para-hydroxylation sites is 2. The molecule has 0 fully saturated rings. The quantitative estimate of drug-likeness (QED) is 0.549. The SMILES string of the molecule is CCCCc1c(C)nn(-c2nc(C)c(C(=O)Nc3ccccc3OCC)s2)c1C. The molecule has 0 bridgehead atoms. The standard InChI is InChI=1S/C22H28N4O2S/c1-6-8-11-17-14(3)25-26(16(17)5)22-23-15(4)20(29-22)21(27)24-18-12-9-10-13-19(18)28-7-2/h9-10,12-13H,6-8,11H2,1-5H3,(H,24,27). The predicted octanol–water partition coefficient (Wildman–Crippen LogP) is 5.25. The Labute approximate surface area is 175 Å². The number of aryl methyl sites for hydroxylation is 2. The zero-order chi connectivity index (χ0) is 21.0. The summed E-state index contributed by atoms with van der Waals surface area (Å²) < 4.78 is 7.47. The molecule has 0 unspecified atom stereocenters. The largest absolute Gasteiger partial charge is 0.492 e. The molecule has 29 heavy (non-hydrogen) atoms. The predicted molar refractivity (Wildman–Crippen MR) is 118 cm³/mol. The van der Waals surface area contributed by atoms with Crippen molar-refractivity contribution >= 4 is 22.9 Å². The van der Waals surface area contributed by atoms with Gasteiger partial charge in [-0.3, -0.25) is 4.79 Å². The summed E-state index contributed by atoms with van der Waals surface area (Å²) in [6.07, 6.45) is 3.30. The molecule has 0 radical (unpaired) electrons. The molecular formula is C22H28N4O2S. The van der Waals surface area contributed by atoms with Crippen LogP contribution in [0.5, 0.6) is 5.75 Å². The van der Waals surface area contributed by atoms with E-state index in [-0.39, 0.29) is 5.91 Å². The first-order chi connectivity index (χ1) is 14.0. The second-order valence-corrected chi connectivity index (χ2v) is 7.94. The number of anilines is 1. The Morgan fingerprint density at radius 2 is 1.93 bits per heavy atom. The molecule has 0 saturated heterocycles. The van der Waals surface area contributed by atoms with Crippen LogP contribution in [0.4, 0.5) is 5.69 Å². The van der Waals surface area contributed by atoms with Crippen LogP contribution in [0.1, 0.15) is 59.0 Å². The van der Waals surface area contributed by atoms with Crippen molar-refractivity contribution in [2.24, 2.45) is 0 Å². The smallest absolute Gasteiger partial charge is 0.267 e. The van der Waals surface area contributed by atoms with Crippen molar-refractivity contribution < 1.29 is 9.53 Å². The van der Waals surface area contributed by atoms with Gasteiger partial charge in [0, 0.05) is 5.69 Å². The summed E-state index contributed by atoms with van der Waals surface area (Å²) in [6.45, 7) is 10.6. The van der Waals surface area contributed by atoms with Gasteiger partial charge >= 0.3 is 0 Å². The van der Waals surface area contributed by atoms with Gasteiger partial charge in [0.25, 0.3) is 5.91 Å². The number of unbranched alkanes of at least 4 members (excludes halogenated alkanes) is 1. The van der Waals surface area contributed by atoms with Crippen molar-refractivity contribution in [1.29, 1.82) is 0 Å². The first kappa shape index (κ1) is 21.0. The molecule has 7 heteroatoms. The van der Waals surface area contributed by atoms with Gasteiger partial charge in [0.15, 0.2) is 0 Å². The number of hydrogen-bond donors (Lipinski definition) is 1. The first-order valence-corrected chi connectivity index (χ1v) is 10.8. The lowest BCUT2D eigenvalue weighted by Gasteiger charge is -2.10. The van der Waals surface area contributed by atoms with E-state index < -0.39 is 0 Å². The van der Waals surface area contributed by atoms with E-state index in [0.717, 1.165) is 30.7 Å². The van der Waals surface area contributed by atoms with E-state index in [0.29, 0.717) is 33.7 Å². The number of amides is 1. The fourth-order valence-electron chi connectivity index (χ4n) is 3.29. The van der Waals surface area contributed by atoms with Crippen molar-refractivity contribution in [3.63, 3.8) is 0 Å². The molecule has 6 nitrogen and oxygen atoms in total. The maximum absolute atomic E-state index is 12.9. The summed E-state index contributed by atoms with van der Waals surface area (Å²) in [4.78, 5) is 18.1. The van der Waals surface area contributed by atoms with Crippen LogP contribution >= 0.6 is 11.3 Å². The molecule has 0 aliphatic carbocycles. The van der Waals surface area contributed by atoms with Crippen LogP contribution in [-0.4, -0.2) is 27.3 Å². The zero-order valence-electron chi connectivity index (χ0n) is 17.7. The molecule has 0 aliphatic heterocycles. The number of nitrogens with zero attached hydrogens (tertiary/aromatic N) is 3. The topological polar surface area (TPSA) is 69.0 Å². The summed E-state index contributed by atoms with van der Waals surface area (Å²) in [6, 6.07) is 7.44. The minimum Gasteiger partial charge on any atom is -0.492 e. The average molecular weight is 413 g/mol. The second-order valence-electron chi connectivity index (χ2n) is 6.96. The Kier molecular flexibility index (Phi) is 6.69. The number of ether oxygens (including phenoxy) is 1. The molecule has 1 N–H and O–H groups in total. The molecular weight excluding hydrogens is 384 g/mol. The highest BCUT2D eigenvalue weighted by Gasteiger charge is 2.20. The van der Waals surface area contributed by atoms with Crippen molar-refractivity contribution in [2.75, 3.05) is 11.9 Å². The van der Waals surface area contributed by atoms with Gasteiger partial charge in [0.1, 0.15) is 10.6 Å². The lowest BCUT2D eigenvalue weighted by Crippen LogP contribution is -2.12. The maximum Gasteiger partial charge on any atom is 0.267 e. The van der Waals surface area contributed by atoms with E-state index in [4.69, 9.17) is 4.74 Å². The minimum absolute atomic E-state index is 0.189. The highest BCUT2D eigenvalue weighted by molar-refractivity contribution is 7.16. The summed E-state index contributed by atoms with van der Waals surface area (Å²) in [5, 5.41) is 8.35. The number of benzene rings is 1. The molecule has 0 atom stereocenters. The van der Waals surface area contributed by atoms with E-state index in [1.54, 1.807) is 0 Å². The Morgan fingerprint density at radius 1 is 1.17 bits per heavy atom. The number of thiazole rings is 1. The van der Waals surface area contributed by atoms with E-state index >= 15 is 0 Å². The van der Waals surface area contributed by atoms with Gasteiger partial charge in [-0.25, -0.2) is 9.67 Å². The Morgan fingerprint density at radius 3 is 2.66 bits per heavy atom. The van der Waals surface area contributed by atoms with Crippen LogP contribution in [0, 0.1) is 20.8 Å². The average Bonchev–Trinajstić information content (AvgIpc) is 3.21. The van der Waals surface area contributed by atoms with Gasteiger partial charge in [-0.2, -0.15) is 5.10 Å². The van der Waals surface area contributed by atoms with Crippen LogP contribution in [0.25, 0.3) is 5.13 Å². The zero-order valence-corrected chi connectivity index (χ0v) is 18.5. The number of nitrogens with one attached hydrogen (secondary N) is 1. The number of carbonyl (C=O) groups excluding carboxylic acids is 1. The Bertz CT molecular complexity index is 1010. The van der Waals surface area contributed by atoms with Crippen molar-refractivity contribution in [3.05, 3.63) is 51.8 Å². The van der Waals surface area contributed by atoms with Crippen molar-refractivity contribution in [2.45, 2.75) is 53.9 Å². The summed E-state index contributed by atoms with van der Waals surface area (Å²) >= 11 is 1.36. The van der Waals surface area contributed by atoms with Crippen molar-refractivity contribution in [3.8, 4) is 10.9 Å². The summed E-state index contributed by atoms with van der Waals surface area (Å²) in [5.41, 5.74) is 4.75. The van der Waals surface area contributed by atoms with Crippen LogP contribution in [0.3, 0.4) is 0 Å². The number of hydrogen-bond acceptors (Lipinski definition) is 5. The molecule has 3 rings (SSSR count). The van der Waals surface area contributed by atoms with Gasteiger partial charge in [-0.05, 0) is 58.2 Å². The van der Waals surface area contributed by atoms with Gasteiger partial charge < -0.3 is 10.1 Å². The highest BCUT2D eigenvalue weighted by atomic mass is 32.1. The van der Waals surface area contributed by atoms with Gasteiger partial charge in [-0.15, -0.1) is 0 Å². The van der Waals surface area contributed by atoms with E-state index in [2.05, 4.69) is 29.2 Å². The third-order valence-corrected chi connectivity index (χ3v) is 5.96. The lowest BCUT2D eigenvalue weighted by molar-refractivity contribution is 0.102. The number of rotatable bonds is 8. The van der Waals surface area contributed by atoms with E-state index in [1.165, 1.54) is 16.9 Å². The Hall–Kier alpha value is -2.67. The number of aromatic nitrogens is 3. The summed E-state index contributed by atoms with van der Waals surface area (Å²) in [5.74, 6) is 0.469. The monoisotopic (exact) mass is 412 g/mol. The molecule has 0 aliphatic rings.